The normalized spacial score (nSPS) is 11.4. The molecule has 0 aliphatic carbocycles. The summed E-state index contributed by atoms with van der Waals surface area (Å²) in [6.45, 7) is 3.97. The van der Waals surface area contributed by atoms with Crippen molar-refractivity contribution in [3.63, 3.8) is 0 Å². The Morgan fingerprint density at radius 3 is 2.74 bits per heavy atom. The Hall–Kier alpha value is -2.93. The lowest BCUT2D eigenvalue weighted by molar-refractivity contribution is 0.782. The maximum Gasteiger partial charge on any atom is 0.191 e. The lowest BCUT2D eigenvalue weighted by Gasteiger charge is -2.11. The van der Waals surface area contributed by atoms with Gasteiger partial charge >= 0.3 is 0 Å². The summed E-state index contributed by atoms with van der Waals surface area (Å²) in [6.07, 6.45) is 4.32. The maximum absolute atomic E-state index is 5.82. The van der Waals surface area contributed by atoms with Gasteiger partial charge in [0.25, 0.3) is 0 Å². The van der Waals surface area contributed by atoms with Gasteiger partial charge in [-0.15, -0.1) is 10.2 Å². The zero-order chi connectivity index (χ0) is 18.9. The molecule has 2 heterocycles. The smallest absolute Gasteiger partial charge is 0.191 e. The molecule has 0 spiro atoms. The van der Waals surface area contributed by atoms with E-state index in [0.29, 0.717) is 11.7 Å². The molecule has 27 heavy (non-hydrogen) atoms. The van der Waals surface area contributed by atoms with Crippen molar-refractivity contribution in [2.75, 3.05) is 13.1 Å². The third-order valence-electron chi connectivity index (χ3n) is 3.87. The number of hydrogen-bond donors (Lipinski definition) is 2. The molecule has 0 fully saturated rings. The molecule has 7 nitrogen and oxygen atoms in total. The van der Waals surface area contributed by atoms with Gasteiger partial charge in [0.15, 0.2) is 11.8 Å². The third-order valence-corrected chi connectivity index (χ3v) is 4.09. The number of aromatic nitrogens is 4. The minimum absolute atomic E-state index is 0.423. The van der Waals surface area contributed by atoms with E-state index in [1.165, 1.54) is 0 Å². The molecule has 0 saturated heterocycles. The van der Waals surface area contributed by atoms with Crippen LogP contribution in [0.2, 0.25) is 5.15 Å². The molecule has 0 bridgehead atoms. The van der Waals surface area contributed by atoms with Crippen molar-refractivity contribution in [2.24, 2.45) is 4.99 Å². The molecular formula is C19H22ClN7. The summed E-state index contributed by atoms with van der Waals surface area (Å²) in [5.41, 5.74) is 2.13. The SMILES string of the molecule is CCNC(=NCc1nncn1-c1ccccc1)NCCc1ccc(Cl)nc1. The Morgan fingerprint density at radius 1 is 1.15 bits per heavy atom. The molecule has 0 amide bonds. The summed E-state index contributed by atoms with van der Waals surface area (Å²) in [5.74, 6) is 1.52. The van der Waals surface area contributed by atoms with Crippen LogP contribution in [0.1, 0.15) is 18.3 Å². The molecule has 2 N–H and O–H groups in total. The van der Waals surface area contributed by atoms with E-state index in [1.54, 1.807) is 18.6 Å². The number of para-hydroxylation sites is 1. The summed E-state index contributed by atoms with van der Waals surface area (Å²) < 4.78 is 1.94. The number of hydrogen-bond acceptors (Lipinski definition) is 4. The Bertz CT molecular complexity index is 859. The number of rotatable bonds is 7. The Balaban J connectivity index is 1.61. The van der Waals surface area contributed by atoms with Gasteiger partial charge in [-0.3, -0.25) is 4.57 Å². The number of guanidine groups is 1. The second-order valence-electron chi connectivity index (χ2n) is 5.81. The van der Waals surface area contributed by atoms with E-state index < -0.39 is 0 Å². The zero-order valence-corrected chi connectivity index (χ0v) is 15.9. The first-order chi connectivity index (χ1) is 13.3. The van der Waals surface area contributed by atoms with Gasteiger partial charge in [-0.05, 0) is 37.1 Å². The molecular weight excluding hydrogens is 362 g/mol. The van der Waals surface area contributed by atoms with E-state index in [2.05, 4.69) is 30.8 Å². The largest absolute Gasteiger partial charge is 0.357 e. The van der Waals surface area contributed by atoms with Gasteiger partial charge in [-0.2, -0.15) is 0 Å². The lowest BCUT2D eigenvalue weighted by Crippen LogP contribution is -2.38. The van der Waals surface area contributed by atoms with Crippen LogP contribution in [0.3, 0.4) is 0 Å². The first-order valence-electron chi connectivity index (χ1n) is 8.83. The van der Waals surface area contributed by atoms with Gasteiger partial charge in [-0.25, -0.2) is 9.98 Å². The van der Waals surface area contributed by atoms with Gasteiger partial charge in [0, 0.05) is 25.0 Å². The number of aliphatic imine (C=N–C) groups is 1. The van der Waals surface area contributed by atoms with Crippen LogP contribution in [0.15, 0.2) is 60.0 Å². The van der Waals surface area contributed by atoms with Crippen LogP contribution in [0.25, 0.3) is 5.69 Å². The number of halogens is 1. The fourth-order valence-electron chi connectivity index (χ4n) is 2.54. The first kappa shape index (κ1) is 18.8. The van der Waals surface area contributed by atoms with Crippen molar-refractivity contribution in [1.82, 2.24) is 30.4 Å². The van der Waals surface area contributed by atoms with Crippen LogP contribution in [0.5, 0.6) is 0 Å². The lowest BCUT2D eigenvalue weighted by atomic mass is 10.2. The number of pyridine rings is 1. The summed E-state index contributed by atoms with van der Waals surface area (Å²) in [7, 11) is 0. The van der Waals surface area contributed by atoms with Gasteiger partial charge in [-0.1, -0.05) is 35.9 Å². The van der Waals surface area contributed by atoms with E-state index in [0.717, 1.165) is 42.5 Å². The molecule has 0 aliphatic heterocycles. The highest BCUT2D eigenvalue weighted by Crippen LogP contribution is 2.09. The van der Waals surface area contributed by atoms with E-state index in [9.17, 15) is 0 Å². The van der Waals surface area contributed by atoms with Gasteiger partial charge < -0.3 is 10.6 Å². The fourth-order valence-corrected chi connectivity index (χ4v) is 2.65. The van der Waals surface area contributed by atoms with Crippen LogP contribution in [0, 0.1) is 0 Å². The number of nitrogens with one attached hydrogen (secondary N) is 2. The van der Waals surface area contributed by atoms with Crippen LogP contribution in [0.4, 0.5) is 0 Å². The highest BCUT2D eigenvalue weighted by atomic mass is 35.5. The van der Waals surface area contributed by atoms with Crippen molar-refractivity contribution in [2.45, 2.75) is 19.9 Å². The molecule has 3 rings (SSSR count). The summed E-state index contributed by atoms with van der Waals surface area (Å²) in [4.78, 5) is 8.72. The fraction of sp³-hybridized carbons (Fsp3) is 0.263. The topological polar surface area (TPSA) is 80.0 Å². The quantitative estimate of drug-likeness (QED) is 0.372. The molecule has 8 heteroatoms. The summed E-state index contributed by atoms with van der Waals surface area (Å²) in [6, 6.07) is 13.8. The molecule has 0 atom stereocenters. The standard InChI is InChI=1S/C19H22ClN7/c1-2-21-19(22-11-10-15-8-9-17(20)23-12-15)24-13-18-26-25-14-27(18)16-6-4-3-5-7-16/h3-9,12,14H,2,10-11,13H2,1H3,(H2,21,22,24). The van der Waals surface area contributed by atoms with Crippen molar-refractivity contribution < 1.29 is 0 Å². The Kier molecular flexibility index (Phi) is 6.76. The predicted molar refractivity (Wildman–Crippen MR) is 107 cm³/mol. The second-order valence-corrected chi connectivity index (χ2v) is 6.20. The molecule has 0 aliphatic rings. The highest BCUT2D eigenvalue weighted by Gasteiger charge is 2.06. The predicted octanol–water partition coefficient (Wildman–Crippen LogP) is 2.61. The van der Waals surface area contributed by atoms with Gasteiger partial charge in [0.05, 0.1) is 0 Å². The molecule has 1 aromatic carbocycles. The molecule has 140 valence electrons. The van der Waals surface area contributed by atoms with Crippen LogP contribution >= 0.6 is 11.6 Å². The Morgan fingerprint density at radius 2 is 2.00 bits per heavy atom. The zero-order valence-electron chi connectivity index (χ0n) is 15.1. The highest BCUT2D eigenvalue weighted by molar-refractivity contribution is 6.29. The van der Waals surface area contributed by atoms with Crippen molar-refractivity contribution in [1.29, 1.82) is 0 Å². The third kappa shape index (κ3) is 5.52. The van der Waals surface area contributed by atoms with Crippen molar-refractivity contribution >= 4 is 17.6 Å². The van der Waals surface area contributed by atoms with Gasteiger partial charge in [0.1, 0.15) is 18.0 Å². The van der Waals surface area contributed by atoms with E-state index in [1.807, 2.05) is 47.9 Å². The van der Waals surface area contributed by atoms with Crippen molar-refractivity contribution in [3.05, 3.63) is 71.5 Å². The number of nitrogens with zero attached hydrogens (tertiary/aromatic N) is 5. The molecule has 0 unspecified atom stereocenters. The van der Waals surface area contributed by atoms with Crippen LogP contribution < -0.4 is 10.6 Å². The minimum Gasteiger partial charge on any atom is -0.357 e. The maximum atomic E-state index is 5.82. The van der Waals surface area contributed by atoms with E-state index in [-0.39, 0.29) is 0 Å². The van der Waals surface area contributed by atoms with E-state index >= 15 is 0 Å². The number of benzene rings is 1. The summed E-state index contributed by atoms with van der Waals surface area (Å²) >= 11 is 5.82. The van der Waals surface area contributed by atoms with E-state index in [4.69, 9.17) is 11.6 Å². The monoisotopic (exact) mass is 383 g/mol. The van der Waals surface area contributed by atoms with Gasteiger partial charge in [0.2, 0.25) is 0 Å². The van der Waals surface area contributed by atoms with Crippen molar-refractivity contribution in [3.8, 4) is 5.69 Å². The van der Waals surface area contributed by atoms with Crippen LogP contribution in [-0.4, -0.2) is 38.8 Å². The minimum atomic E-state index is 0.423. The Labute approximate surface area is 163 Å². The summed E-state index contributed by atoms with van der Waals surface area (Å²) in [5, 5.41) is 15.3. The second kappa shape index (κ2) is 9.68. The first-order valence-corrected chi connectivity index (χ1v) is 9.21. The van der Waals surface area contributed by atoms with Crippen LogP contribution in [-0.2, 0) is 13.0 Å². The molecule has 3 aromatic rings. The molecule has 0 saturated carbocycles. The average molecular weight is 384 g/mol. The molecule has 2 aromatic heterocycles. The average Bonchev–Trinajstić information content (AvgIpc) is 3.17. The molecule has 0 radical (unpaired) electrons.